The van der Waals surface area contributed by atoms with Crippen LogP contribution in [0, 0.1) is 50.7 Å². The van der Waals surface area contributed by atoms with Crippen LogP contribution < -0.4 is 0 Å². The van der Waals surface area contributed by atoms with Gasteiger partial charge in [0.05, 0.1) is 56.8 Å². The second-order valence-corrected chi connectivity index (χ2v) is 19.0. The van der Waals surface area contributed by atoms with E-state index in [2.05, 4.69) is 39.5 Å². The van der Waals surface area contributed by atoms with Gasteiger partial charge in [0.25, 0.3) is 0 Å². The lowest BCUT2D eigenvalue weighted by Crippen LogP contribution is -2.63. The minimum atomic E-state index is -1.20. The fraction of sp³-hybridized carbons (Fsp3) is 0.974. The zero-order chi connectivity index (χ0) is 34.5. The molecule has 0 aromatic rings. The Bertz CT molecular complexity index is 1220. The summed E-state index contributed by atoms with van der Waals surface area (Å²) >= 11 is 0. The molecule has 0 aromatic carbocycles. The number of nitrogens with zero attached hydrogens (tertiary/aromatic N) is 1. The summed E-state index contributed by atoms with van der Waals surface area (Å²) in [7, 11) is 0. The van der Waals surface area contributed by atoms with Crippen molar-refractivity contribution in [1.29, 1.82) is 0 Å². The molecule has 2 N–H and O–H groups in total. The number of aliphatic hydroxyl groups excluding tert-OH is 1. The molecule has 9 heteroatoms. The number of carbonyl (C=O) groups is 1. The summed E-state index contributed by atoms with van der Waals surface area (Å²) in [6.07, 6.45) is 7.93. The highest BCUT2D eigenvalue weighted by molar-refractivity contribution is 5.66. The number of hydrogen-bond acceptors (Lipinski definition) is 9. The van der Waals surface area contributed by atoms with Crippen LogP contribution in [0.1, 0.15) is 107 Å². The van der Waals surface area contributed by atoms with Crippen molar-refractivity contribution in [2.75, 3.05) is 46.1 Å². The van der Waals surface area contributed by atoms with E-state index in [0.29, 0.717) is 41.2 Å². The molecule has 0 aromatic heterocycles. The van der Waals surface area contributed by atoms with Crippen LogP contribution in [0.25, 0.3) is 0 Å². The van der Waals surface area contributed by atoms with Crippen LogP contribution in [0.5, 0.6) is 0 Å². The lowest BCUT2D eigenvalue weighted by Gasteiger charge is -2.66. The first kappa shape index (κ1) is 35.6. The van der Waals surface area contributed by atoms with Gasteiger partial charge in [0.15, 0.2) is 12.4 Å². The molecular formula is C39H65NO8. The van der Waals surface area contributed by atoms with Crippen molar-refractivity contribution in [3.63, 3.8) is 0 Å². The van der Waals surface area contributed by atoms with E-state index < -0.39 is 17.7 Å². The predicted molar refractivity (Wildman–Crippen MR) is 181 cm³/mol. The van der Waals surface area contributed by atoms with Crippen LogP contribution in [0.3, 0.4) is 0 Å². The number of rotatable bonds is 8. The van der Waals surface area contributed by atoms with Crippen LogP contribution in [0.4, 0.5) is 0 Å². The maximum absolute atomic E-state index is 11.9. The maximum atomic E-state index is 11.9. The third-order valence-electron chi connectivity index (χ3n) is 16.1. The minimum Gasteiger partial charge on any atom is -0.457 e. The lowest BCUT2D eigenvalue weighted by atomic mass is 9.39. The molecule has 3 aliphatic heterocycles. The van der Waals surface area contributed by atoms with Crippen molar-refractivity contribution < 1.29 is 38.7 Å². The van der Waals surface area contributed by atoms with Crippen molar-refractivity contribution in [3.8, 4) is 0 Å². The summed E-state index contributed by atoms with van der Waals surface area (Å²) in [4.78, 5) is 14.4. The summed E-state index contributed by atoms with van der Waals surface area (Å²) < 4.78 is 30.7. The van der Waals surface area contributed by atoms with Gasteiger partial charge >= 0.3 is 5.97 Å². The Morgan fingerprint density at radius 1 is 1.00 bits per heavy atom. The van der Waals surface area contributed by atoms with Gasteiger partial charge < -0.3 is 33.9 Å². The largest absolute Gasteiger partial charge is 0.457 e. The first-order valence-electron chi connectivity index (χ1n) is 19.2. The molecule has 9 nitrogen and oxygen atoms in total. The summed E-state index contributed by atoms with van der Waals surface area (Å²) in [6.45, 7) is 21.8. The Hall–Kier alpha value is -0.810. The molecule has 7 fully saturated rings. The smallest absolute Gasteiger partial charge is 0.303 e. The van der Waals surface area contributed by atoms with Crippen molar-refractivity contribution >= 4 is 5.97 Å². The zero-order valence-electron chi connectivity index (χ0n) is 31.1. The number of hydrogen-bond donors (Lipinski definition) is 2. The van der Waals surface area contributed by atoms with Gasteiger partial charge in [0, 0.05) is 20.1 Å². The third kappa shape index (κ3) is 5.29. The first-order valence-corrected chi connectivity index (χ1v) is 19.2. The molecule has 0 radical (unpaired) electrons. The number of aliphatic hydroxyl groups is 2. The van der Waals surface area contributed by atoms with Gasteiger partial charge in [-0.2, -0.15) is 0 Å². The maximum Gasteiger partial charge on any atom is 0.303 e. The van der Waals surface area contributed by atoms with Crippen LogP contribution in [0.15, 0.2) is 0 Å². The number of ether oxygens (including phenoxy) is 5. The van der Waals surface area contributed by atoms with Gasteiger partial charge in [-0.1, -0.05) is 34.6 Å². The SMILES string of the molecule is CC(=O)OC(C1CC(C)C(C2(C)CCC34CC35CCC(OC3CN(C6COC6)CCO3)C(C)(C)C5CCC4C2(C)CO)CO1)C(C)(C)O. The van der Waals surface area contributed by atoms with Crippen molar-refractivity contribution in [2.45, 2.75) is 143 Å². The number of morpholine rings is 1. The van der Waals surface area contributed by atoms with Gasteiger partial charge in [-0.25, -0.2) is 0 Å². The van der Waals surface area contributed by atoms with Crippen molar-refractivity contribution in [1.82, 2.24) is 4.90 Å². The Kier molecular flexibility index (Phi) is 8.99. The molecule has 3 saturated heterocycles. The van der Waals surface area contributed by atoms with Gasteiger partial charge in [-0.15, -0.1) is 0 Å². The molecule has 2 spiro atoms. The van der Waals surface area contributed by atoms with E-state index in [1.54, 1.807) is 13.8 Å². The third-order valence-corrected chi connectivity index (χ3v) is 16.1. The standard InChI is InChI=1S/C39H65NO8/c1-24-17-28(33(35(5,6)43)47-25(2)42)46-21-27(24)36(7)13-14-39-22-38(39)12-11-31(48-32-18-40(15-16-45-32)26-19-44-20-26)34(3,4)29(38)9-10-30(39)37(36,8)23-41/h24,26-33,41,43H,9-23H2,1-8H3. The van der Waals surface area contributed by atoms with Crippen LogP contribution in [-0.4, -0.2) is 103 Å². The summed E-state index contributed by atoms with van der Waals surface area (Å²) in [5, 5.41) is 22.3. The average Bonchev–Trinajstić information content (AvgIpc) is 3.66. The summed E-state index contributed by atoms with van der Waals surface area (Å²) in [5.74, 6) is 1.28. The van der Waals surface area contributed by atoms with Crippen LogP contribution in [0.2, 0.25) is 0 Å². The molecular weight excluding hydrogens is 610 g/mol. The summed E-state index contributed by atoms with van der Waals surface area (Å²) in [6, 6.07) is 0.511. The first-order chi connectivity index (χ1) is 22.5. The second-order valence-electron chi connectivity index (χ2n) is 19.0. The molecule has 3 heterocycles. The zero-order valence-corrected chi connectivity index (χ0v) is 31.1. The number of carbonyl (C=O) groups excluding carboxylic acids is 1. The Labute approximate surface area is 289 Å². The Morgan fingerprint density at radius 3 is 2.33 bits per heavy atom. The molecule has 48 heavy (non-hydrogen) atoms. The van der Waals surface area contributed by atoms with Crippen molar-refractivity contribution in [2.24, 2.45) is 50.7 Å². The van der Waals surface area contributed by atoms with E-state index >= 15 is 0 Å². The molecule has 274 valence electrons. The number of esters is 1. The molecule has 4 saturated carbocycles. The second kappa shape index (κ2) is 12.1. The highest BCUT2D eigenvalue weighted by atomic mass is 16.7. The molecule has 4 aliphatic carbocycles. The Morgan fingerprint density at radius 2 is 1.71 bits per heavy atom. The fourth-order valence-corrected chi connectivity index (χ4v) is 13.2. The summed E-state index contributed by atoms with van der Waals surface area (Å²) in [5.41, 5.74) is -0.814. The van der Waals surface area contributed by atoms with E-state index in [9.17, 15) is 15.0 Å². The Balaban J connectivity index is 1.06. The topological polar surface area (TPSA) is 107 Å². The molecule has 12 unspecified atom stereocenters. The predicted octanol–water partition coefficient (Wildman–Crippen LogP) is 5.19. The minimum absolute atomic E-state index is 0.0635. The van der Waals surface area contributed by atoms with Gasteiger partial charge in [-0.05, 0) is 116 Å². The van der Waals surface area contributed by atoms with Gasteiger partial charge in [-0.3, -0.25) is 9.69 Å². The normalized spacial score (nSPS) is 48.3. The highest BCUT2D eigenvalue weighted by Gasteiger charge is 2.81. The lowest BCUT2D eigenvalue weighted by molar-refractivity contribution is -0.259. The molecule has 0 amide bonds. The van der Waals surface area contributed by atoms with E-state index in [0.717, 1.165) is 58.6 Å². The monoisotopic (exact) mass is 675 g/mol. The molecule has 0 bridgehead atoms. The molecule has 7 aliphatic rings. The van der Waals surface area contributed by atoms with Crippen molar-refractivity contribution in [3.05, 3.63) is 0 Å². The average molecular weight is 676 g/mol. The molecule has 7 rings (SSSR count). The van der Waals surface area contributed by atoms with Crippen LogP contribution >= 0.6 is 0 Å². The van der Waals surface area contributed by atoms with Crippen LogP contribution in [-0.2, 0) is 28.5 Å². The van der Waals surface area contributed by atoms with Gasteiger partial charge in [0.2, 0.25) is 0 Å². The van der Waals surface area contributed by atoms with E-state index in [1.807, 2.05) is 0 Å². The van der Waals surface area contributed by atoms with E-state index in [1.165, 1.54) is 32.6 Å². The molecule has 12 atom stereocenters. The fourth-order valence-electron chi connectivity index (χ4n) is 13.2. The van der Waals surface area contributed by atoms with E-state index in [-0.39, 0.29) is 47.3 Å². The quantitative estimate of drug-likeness (QED) is 0.336. The highest BCUT2D eigenvalue weighted by Crippen LogP contribution is 2.87. The van der Waals surface area contributed by atoms with E-state index in [4.69, 9.17) is 23.7 Å². The van der Waals surface area contributed by atoms with Gasteiger partial charge in [0.1, 0.15) is 0 Å².